The highest BCUT2D eigenvalue weighted by atomic mass is 16.6. The van der Waals surface area contributed by atoms with E-state index in [-0.39, 0.29) is 6.10 Å². The van der Waals surface area contributed by atoms with Crippen LogP contribution in [0, 0.1) is 5.41 Å². The molecule has 1 amide bonds. The maximum Gasteiger partial charge on any atom is 0.222 e. The molecular weight excluding hydrogens is 356 g/mol. The van der Waals surface area contributed by atoms with E-state index >= 15 is 0 Å². The van der Waals surface area contributed by atoms with Gasteiger partial charge in [0.1, 0.15) is 12.7 Å². The summed E-state index contributed by atoms with van der Waals surface area (Å²) in [5, 5.41) is 0. The lowest BCUT2D eigenvalue weighted by molar-refractivity contribution is -0.139. The molecule has 3 heterocycles. The molecule has 3 aliphatic rings. The number of nitrogens with zero attached hydrogens (tertiary/aromatic N) is 2. The van der Waals surface area contributed by atoms with Crippen molar-refractivity contribution in [1.82, 2.24) is 9.80 Å². The minimum atomic E-state index is 0.0856. The van der Waals surface area contributed by atoms with E-state index in [0.717, 1.165) is 76.5 Å². The predicted octanol–water partition coefficient (Wildman–Crippen LogP) is 2.57. The molecule has 0 radical (unpaired) electrons. The number of piperidine rings is 2. The standard InChI is InChI=1S/C22H32N2O4/c1-26-14-4-11-24-17-22(8-7-21(24)25)9-12-23(13-10-22)15-18-16-27-19-5-2-3-6-20(19)28-18/h2-3,5-6,18H,4,7-17H2,1H3/t18-/m1/s1. The van der Waals surface area contributed by atoms with E-state index in [1.165, 1.54) is 0 Å². The Balaban J connectivity index is 1.27. The largest absolute Gasteiger partial charge is 0.486 e. The Hall–Kier alpha value is -1.79. The van der Waals surface area contributed by atoms with Crippen LogP contribution >= 0.6 is 0 Å². The molecule has 6 heteroatoms. The van der Waals surface area contributed by atoms with Crippen LogP contribution in [0.15, 0.2) is 24.3 Å². The van der Waals surface area contributed by atoms with Crippen molar-refractivity contribution in [1.29, 1.82) is 0 Å². The average molecular weight is 389 g/mol. The second-order valence-electron chi connectivity index (χ2n) is 8.46. The molecule has 1 atom stereocenters. The Morgan fingerprint density at radius 1 is 1.18 bits per heavy atom. The molecule has 0 N–H and O–H groups in total. The van der Waals surface area contributed by atoms with Gasteiger partial charge in [-0.15, -0.1) is 0 Å². The second kappa shape index (κ2) is 8.70. The molecule has 2 fully saturated rings. The van der Waals surface area contributed by atoms with Crippen molar-refractivity contribution in [3.63, 3.8) is 0 Å². The molecule has 0 bridgehead atoms. The van der Waals surface area contributed by atoms with Gasteiger partial charge in [-0.05, 0) is 56.3 Å². The van der Waals surface area contributed by atoms with Crippen LogP contribution in [0.25, 0.3) is 0 Å². The summed E-state index contributed by atoms with van der Waals surface area (Å²) < 4.78 is 17.1. The molecule has 1 spiro atoms. The van der Waals surface area contributed by atoms with Gasteiger partial charge in [0.15, 0.2) is 11.5 Å². The molecule has 0 aliphatic carbocycles. The molecular formula is C22H32N2O4. The summed E-state index contributed by atoms with van der Waals surface area (Å²) in [6.45, 7) is 6.12. The molecule has 0 saturated carbocycles. The van der Waals surface area contributed by atoms with Gasteiger partial charge in [0.05, 0.1) is 0 Å². The quantitative estimate of drug-likeness (QED) is 0.701. The molecule has 28 heavy (non-hydrogen) atoms. The number of ether oxygens (including phenoxy) is 3. The Bertz CT molecular complexity index is 672. The van der Waals surface area contributed by atoms with Gasteiger partial charge in [-0.2, -0.15) is 0 Å². The van der Waals surface area contributed by atoms with Gasteiger partial charge in [0.25, 0.3) is 0 Å². The number of carbonyl (C=O) groups excluding carboxylic acids is 1. The SMILES string of the molecule is COCCCN1CC2(CCC1=O)CCN(C[C@@H]1COc3ccccc3O1)CC2. The summed E-state index contributed by atoms with van der Waals surface area (Å²) in [5.41, 5.74) is 0.300. The van der Waals surface area contributed by atoms with Gasteiger partial charge in [0, 0.05) is 39.8 Å². The van der Waals surface area contributed by atoms with Crippen molar-refractivity contribution < 1.29 is 19.0 Å². The highest BCUT2D eigenvalue weighted by molar-refractivity contribution is 5.77. The van der Waals surface area contributed by atoms with E-state index in [4.69, 9.17) is 14.2 Å². The monoisotopic (exact) mass is 388 g/mol. The van der Waals surface area contributed by atoms with Gasteiger partial charge in [-0.1, -0.05) is 12.1 Å². The first-order valence-corrected chi connectivity index (χ1v) is 10.6. The number of amides is 1. The second-order valence-corrected chi connectivity index (χ2v) is 8.46. The molecule has 1 aromatic rings. The summed E-state index contributed by atoms with van der Waals surface area (Å²) in [6, 6.07) is 7.89. The van der Waals surface area contributed by atoms with Crippen LogP contribution in [0.3, 0.4) is 0 Å². The summed E-state index contributed by atoms with van der Waals surface area (Å²) in [6.07, 6.45) is 5.06. The fraction of sp³-hybridized carbons (Fsp3) is 0.682. The van der Waals surface area contributed by atoms with E-state index in [1.807, 2.05) is 24.3 Å². The van der Waals surface area contributed by atoms with E-state index in [1.54, 1.807) is 7.11 Å². The third kappa shape index (κ3) is 4.44. The number of methoxy groups -OCH3 is 1. The molecule has 154 valence electrons. The van der Waals surface area contributed by atoms with Crippen LogP contribution in [0.4, 0.5) is 0 Å². The zero-order chi connectivity index (χ0) is 19.4. The summed E-state index contributed by atoms with van der Waals surface area (Å²) in [7, 11) is 1.72. The van der Waals surface area contributed by atoms with Crippen LogP contribution in [0.5, 0.6) is 11.5 Å². The number of hydrogen-bond donors (Lipinski definition) is 0. The summed E-state index contributed by atoms with van der Waals surface area (Å²) >= 11 is 0. The number of para-hydroxylation sites is 2. The maximum atomic E-state index is 12.3. The third-order valence-electron chi connectivity index (χ3n) is 6.47. The smallest absolute Gasteiger partial charge is 0.222 e. The normalized spacial score (nSPS) is 24.5. The molecule has 3 aliphatic heterocycles. The first-order chi connectivity index (χ1) is 13.7. The average Bonchev–Trinajstić information content (AvgIpc) is 2.73. The third-order valence-corrected chi connectivity index (χ3v) is 6.47. The lowest BCUT2D eigenvalue weighted by atomic mass is 9.72. The van der Waals surface area contributed by atoms with Gasteiger partial charge in [-0.3, -0.25) is 9.69 Å². The van der Waals surface area contributed by atoms with E-state index in [2.05, 4.69) is 9.80 Å². The molecule has 2 saturated heterocycles. The number of fused-ring (bicyclic) bond motifs is 1. The van der Waals surface area contributed by atoms with Crippen molar-refractivity contribution in [2.75, 3.05) is 53.0 Å². The number of carbonyl (C=O) groups is 1. The number of rotatable bonds is 6. The van der Waals surface area contributed by atoms with Gasteiger partial charge < -0.3 is 19.1 Å². The predicted molar refractivity (Wildman–Crippen MR) is 107 cm³/mol. The lowest BCUT2D eigenvalue weighted by Crippen LogP contribution is -2.53. The molecule has 1 aromatic carbocycles. The number of likely N-dealkylation sites (tertiary alicyclic amines) is 2. The topological polar surface area (TPSA) is 51.2 Å². The minimum absolute atomic E-state index is 0.0856. The highest BCUT2D eigenvalue weighted by Crippen LogP contribution is 2.40. The molecule has 6 nitrogen and oxygen atoms in total. The molecule has 4 rings (SSSR count). The van der Waals surface area contributed by atoms with Gasteiger partial charge >= 0.3 is 0 Å². The minimum Gasteiger partial charge on any atom is -0.486 e. The van der Waals surface area contributed by atoms with Crippen molar-refractivity contribution in [3.8, 4) is 11.5 Å². The first-order valence-electron chi connectivity index (χ1n) is 10.6. The summed E-state index contributed by atoms with van der Waals surface area (Å²) in [4.78, 5) is 16.9. The first kappa shape index (κ1) is 19.5. The van der Waals surface area contributed by atoms with Crippen molar-refractivity contribution >= 4 is 5.91 Å². The van der Waals surface area contributed by atoms with Gasteiger partial charge in [-0.25, -0.2) is 0 Å². The van der Waals surface area contributed by atoms with Crippen LogP contribution < -0.4 is 9.47 Å². The van der Waals surface area contributed by atoms with Crippen LogP contribution in [0.2, 0.25) is 0 Å². The van der Waals surface area contributed by atoms with Gasteiger partial charge in [0.2, 0.25) is 5.91 Å². The van der Waals surface area contributed by atoms with E-state index < -0.39 is 0 Å². The fourth-order valence-corrected chi connectivity index (χ4v) is 4.76. The number of hydrogen-bond acceptors (Lipinski definition) is 5. The van der Waals surface area contributed by atoms with E-state index in [9.17, 15) is 4.79 Å². The van der Waals surface area contributed by atoms with Crippen LogP contribution in [-0.4, -0.2) is 74.9 Å². The maximum absolute atomic E-state index is 12.3. The molecule has 0 aromatic heterocycles. The summed E-state index contributed by atoms with van der Waals surface area (Å²) in [5.74, 6) is 2.01. The highest BCUT2D eigenvalue weighted by Gasteiger charge is 2.41. The Morgan fingerprint density at radius 3 is 2.75 bits per heavy atom. The Kier molecular flexibility index (Phi) is 6.07. The Labute approximate surface area is 167 Å². The fourth-order valence-electron chi connectivity index (χ4n) is 4.76. The molecule has 0 unspecified atom stereocenters. The van der Waals surface area contributed by atoms with E-state index in [0.29, 0.717) is 24.3 Å². The van der Waals surface area contributed by atoms with Crippen LogP contribution in [-0.2, 0) is 9.53 Å². The zero-order valence-electron chi connectivity index (χ0n) is 16.9. The number of benzene rings is 1. The van der Waals surface area contributed by atoms with Crippen molar-refractivity contribution in [3.05, 3.63) is 24.3 Å². The van der Waals surface area contributed by atoms with Crippen molar-refractivity contribution in [2.24, 2.45) is 5.41 Å². The van der Waals surface area contributed by atoms with Crippen molar-refractivity contribution in [2.45, 2.75) is 38.2 Å². The Morgan fingerprint density at radius 2 is 1.96 bits per heavy atom. The van der Waals surface area contributed by atoms with Crippen LogP contribution in [0.1, 0.15) is 32.1 Å². The zero-order valence-corrected chi connectivity index (χ0v) is 16.9. The lowest BCUT2D eigenvalue weighted by Gasteiger charge is -2.48.